The Bertz CT molecular complexity index is 289. The average Bonchev–Trinajstić information content (AvgIpc) is 2.35. The maximum Gasteiger partial charge on any atom is 0.233 e. The minimum absolute atomic E-state index is 0.0349. The molecule has 0 radical (unpaired) electrons. The molecule has 1 unspecified atom stereocenters. The maximum atomic E-state index is 12.5. The SMILES string of the molecule is CCCC(CCC)(C(=O)NC(C)CCOC)C(N)=S. The Morgan fingerprint density at radius 2 is 1.89 bits per heavy atom. The fraction of sp³-hybridized carbons (Fsp3) is 0.857. The van der Waals surface area contributed by atoms with Crippen molar-refractivity contribution in [3.63, 3.8) is 0 Å². The Morgan fingerprint density at radius 3 is 2.26 bits per heavy atom. The minimum atomic E-state index is -0.694. The highest BCUT2D eigenvalue weighted by atomic mass is 32.1. The zero-order valence-corrected chi connectivity index (χ0v) is 13.4. The van der Waals surface area contributed by atoms with E-state index in [-0.39, 0.29) is 11.9 Å². The van der Waals surface area contributed by atoms with E-state index in [0.29, 0.717) is 24.4 Å². The maximum absolute atomic E-state index is 12.5. The second-order valence-electron chi connectivity index (χ2n) is 5.10. The van der Waals surface area contributed by atoms with Crippen LogP contribution in [0.1, 0.15) is 52.9 Å². The van der Waals surface area contributed by atoms with Crippen LogP contribution in [0.2, 0.25) is 0 Å². The van der Waals surface area contributed by atoms with Crippen LogP contribution in [-0.4, -0.2) is 30.7 Å². The van der Waals surface area contributed by atoms with E-state index >= 15 is 0 Å². The van der Waals surface area contributed by atoms with E-state index in [1.54, 1.807) is 7.11 Å². The number of ether oxygens (including phenoxy) is 1. The van der Waals surface area contributed by atoms with Crippen molar-refractivity contribution in [3.05, 3.63) is 0 Å². The molecule has 112 valence electrons. The van der Waals surface area contributed by atoms with Gasteiger partial charge in [-0.05, 0) is 26.2 Å². The number of rotatable bonds is 10. The van der Waals surface area contributed by atoms with E-state index in [9.17, 15) is 4.79 Å². The fourth-order valence-corrected chi connectivity index (χ4v) is 2.59. The quantitative estimate of drug-likeness (QED) is 0.606. The largest absolute Gasteiger partial charge is 0.392 e. The van der Waals surface area contributed by atoms with Crippen LogP contribution in [0.3, 0.4) is 0 Å². The van der Waals surface area contributed by atoms with Gasteiger partial charge in [-0.2, -0.15) is 0 Å². The van der Waals surface area contributed by atoms with Crippen molar-refractivity contribution in [2.45, 2.75) is 58.9 Å². The van der Waals surface area contributed by atoms with E-state index in [0.717, 1.165) is 19.3 Å². The van der Waals surface area contributed by atoms with Gasteiger partial charge in [0.2, 0.25) is 5.91 Å². The molecular formula is C14H28N2O2S. The van der Waals surface area contributed by atoms with E-state index in [4.69, 9.17) is 22.7 Å². The lowest BCUT2D eigenvalue weighted by Crippen LogP contribution is -2.51. The van der Waals surface area contributed by atoms with Gasteiger partial charge in [-0.1, -0.05) is 38.9 Å². The van der Waals surface area contributed by atoms with Gasteiger partial charge in [-0.25, -0.2) is 0 Å². The van der Waals surface area contributed by atoms with Gasteiger partial charge in [-0.15, -0.1) is 0 Å². The topological polar surface area (TPSA) is 64.3 Å². The van der Waals surface area contributed by atoms with Gasteiger partial charge in [0.25, 0.3) is 0 Å². The van der Waals surface area contributed by atoms with Crippen LogP contribution in [0.5, 0.6) is 0 Å². The molecule has 0 aromatic heterocycles. The molecule has 1 amide bonds. The highest BCUT2D eigenvalue weighted by molar-refractivity contribution is 7.80. The highest BCUT2D eigenvalue weighted by Crippen LogP contribution is 2.31. The summed E-state index contributed by atoms with van der Waals surface area (Å²) >= 11 is 5.17. The van der Waals surface area contributed by atoms with Crippen LogP contribution in [0.4, 0.5) is 0 Å². The summed E-state index contributed by atoms with van der Waals surface area (Å²) in [6.45, 7) is 6.69. The van der Waals surface area contributed by atoms with Crippen molar-refractivity contribution >= 4 is 23.1 Å². The van der Waals surface area contributed by atoms with E-state index in [1.807, 2.05) is 20.8 Å². The minimum Gasteiger partial charge on any atom is -0.392 e. The summed E-state index contributed by atoms with van der Waals surface area (Å²) in [5.41, 5.74) is 5.17. The number of carbonyl (C=O) groups is 1. The molecule has 5 heteroatoms. The summed E-state index contributed by atoms with van der Waals surface area (Å²) in [5.74, 6) is -0.0349. The predicted molar refractivity (Wildman–Crippen MR) is 83.1 cm³/mol. The van der Waals surface area contributed by atoms with Crippen LogP contribution >= 0.6 is 12.2 Å². The van der Waals surface area contributed by atoms with Gasteiger partial charge in [-0.3, -0.25) is 4.79 Å². The second-order valence-corrected chi connectivity index (χ2v) is 5.54. The molecule has 1 atom stereocenters. The van der Waals surface area contributed by atoms with Crippen LogP contribution in [0.25, 0.3) is 0 Å². The number of amides is 1. The van der Waals surface area contributed by atoms with Crippen molar-refractivity contribution in [2.75, 3.05) is 13.7 Å². The Balaban J connectivity index is 4.83. The van der Waals surface area contributed by atoms with Gasteiger partial charge in [0.15, 0.2) is 0 Å². The highest BCUT2D eigenvalue weighted by Gasteiger charge is 2.40. The first-order valence-electron chi connectivity index (χ1n) is 7.04. The van der Waals surface area contributed by atoms with Gasteiger partial charge in [0.1, 0.15) is 0 Å². The predicted octanol–water partition coefficient (Wildman–Crippen LogP) is 2.40. The zero-order valence-electron chi connectivity index (χ0n) is 12.6. The fourth-order valence-electron chi connectivity index (χ4n) is 2.29. The molecule has 0 fully saturated rings. The summed E-state index contributed by atoms with van der Waals surface area (Å²) in [4.78, 5) is 12.9. The number of hydrogen-bond acceptors (Lipinski definition) is 3. The summed E-state index contributed by atoms with van der Waals surface area (Å²) in [6, 6.07) is 0.0647. The molecule has 0 heterocycles. The monoisotopic (exact) mass is 288 g/mol. The summed E-state index contributed by atoms with van der Waals surface area (Å²) in [6.07, 6.45) is 3.97. The van der Waals surface area contributed by atoms with Crippen molar-refractivity contribution < 1.29 is 9.53 Å². The molecule has 0 aromatic rings. The smallest absolute Gasteiger partial charge is 0.233 e. The summed E-state index contributed by atoms with van der Waals surface area (Å²) in [5, 5.41) is 3.02. The Labute approximate surface area is 122 Å². The van der Waals surface area contributed by atoms with Crippen molar-refractivity contribution in [3.8, 4) is 0 Å². The molecule has 3 N–H and O–H groups in total. The molecule has 0 aromatic carbocycles. The van der Waals surface area contributed by atoms with Crippen molar-refractivity contribution in [1.29, 1.82) is 0 Å². The third kappa shape index (κ3) is 5.45. The van der Waals surface area contributed by atoms with Crippen LogP contribution in [0.15, 0.2) is 0 Å². The molecule has 0 aliphatic heterocycles. The van der Waals surface area contributed by atoms with Crippen LogP contribution < -0.4 is 11.1 Å². The lowest BCUT2D eigenvalue weighted by Gasteiger charge is -2.32. The van der Waals surface area contributed by atoms with E-state index < -0.39 is 5.41 Å². The van der Waals surface area contributed by atoms with Crippen LogP contribution in [0, 0.1) is 5.41 Å². The lowest BCUT2D eigenvalue weighted by molar-refractivity contribution is -0.129. The Kier molecular flexibility index (Phi) is 8.93. The van der Waals surface area contributed by atoms with Crippen molar-refractivity contribution in [1.82, 2.24) is 5.32 Å². The second kappa shape index (κ2) is 9.26. The molecule has 0 bridgehead atoms. The first-order valence-corrected chi connectivity index (χ1v) is 7.45. The van der Waals surface area contributed by atoms with Gasteiger partial charge in [0.05, 0.1) is 10.4 Å². The van der Waals surface area contributed by atoms with Crippen LogP contribution in [-0.2, 0) is 9.53 Å². The molecular weight excluding hydrogens is 260 g/mol. The van der Waals surface area contributed by atoms with Gasteiger partial charge < -0.3 is 15.8 Å². The van der Waals surface area contributed by atoms with E-state index in [2.05, 4.69) is 5.32 Å². The zero-order chi connectivity index (χ0) is 14.9. The molecule has 0 aliphatic carbocycles. The molecule has 0 aliphatic rings. The molecule has 0 spiro atoms. The third-order valence-electron chi connectivity index (χ3n) is 3.39. The number of nitrogens with two attached hydrogens (primary N) is 1. The average molecular weight is 288 g/mol. The van der Waals surface area contributed by atoms with E-state index in [1.165, 1.54) is 0 Å². The summed E-state index contributed by atoms with van der Waals surface area (Å²) in [7, 11) is 1.65. The normalized spacial score (nSPS) is 13.1. The Hall–Kier alpha value is -0.680. The molecule has 0 saturated carbocycles. The number of methoxy groups -OCH3 is 1. The molecule has 0 saturated heterocycles. The molecule has 19 heavy (non-hydrogen) atoms. The molecule has 0 rings (SSSR count). The first kappa shape index (κ1) is 18.3. The van der Waals surface area contributed by atoms with Gasteiger partial charge >= 0.3 is 0 Å². The Morgan fingerprint density at radius 1 is 1.37 bits per heavy atom. The standard InChI is InChI=1S/C14H28N2O2S/c1-5-8-14(9-6-2,12(15)19)13(17)16-11(3)7-10-18-4/h11H,5-10H2,1-4H3,(H2,15,19)(H,16,17). The summed E-state index contributed by atoms with van der Waals surface area (Å²) < 4.78 is 5.02. The number of hydrogen-bond donors (Lipinski definition) is 2. The number of nitrogens with one attached hydrogen (secondary N) is 1. The molecule has 4 nitrogen and oxygen atoms in total. The third-order valence-corrected chi connectivity index (χ3v) is 3.78. The van der Waals surface area contributed by atoms with Crippen molar-refractivity contribution in [2.24, 2.45) is 11.1 Å². The lowest BCUT2D eigenvalue weighted by atomic mass is 9.78. The number of thiocarbonyl (C=S) groups is 1. The first-order chi connectivity index (χ1) is 8.94. The number of carbonyl (C=O) groups excluding carboxylic acids is 1. The van der Waals surface area contributed by atoms with Gasteiger partial charge in [0, 0.05) is 19.8 Å².